The fourth-order valence-corrected chi connectivity index (χ4v) is 3.13. The van der Waals surface area contributed by atoms with Gasteiger partial charge < -0.3 is 15.8 Å². The first-order valence-corrected chi connectivity index (χ1v) is 7.83. The molecule has 0 radical (unpaired) electrons. The van der Waals surface area contributed by atoms with Crippen molar-refractivity contribution in [1.29, 1.82) is 0 Å². The highest BCUT2D eigenvalue weighted by molar-refractivity contribution is 9.10. The smallest absolute Gasteiger partial charge is 0.173 e. The van der Waals surface area contributed by atoms with E-state index < -0.39 is 0 Å². The number of amidine groups is 1. The van der Waals surface area contributed by atoms with E-state index in [0.29, 0.717) is 12.1 Å². The first kappa shape index (κ1) is 15.9. The Balaban J connectivity index is 2.35. The van der Waals surface area contributed by atoms with Crippen LogP contribution in [0.15, 0.2) is 56.6 Å². The van der Waals surface area contributed by atoms with Crippen LogP contribution in [0.5, 0.6) is 0 Å². The second-order valence-electron chi connectivity index (χ2n) is 4.61. The van der Waals surface area contributed by atoms with Crippen molar-refractivity contribution in [2.45, 2.75) is 6.54 Å². The molecule has 0 unspecified atom stereocenters. The zero-order valence-corrected chi connectivity index (χ0v) is 14.6. The van der Waals surface area contributed by atoms with Crippen molar-refractivity contribution in [2.75, 3.05) is 11.9 Å². The summed E-state index contributed by atoms with van der Waals surface area (Å²) in [6.45, 7) is 0.710. The molecule has 0 spiro atoms. The topological polar surface area (TPSA) is 61.8 Å². The molecule has 0 saturated carbocycles. The van der Waals surface area contributed by atoms with Gasteiger partial charge in [-0.05, 0) is 45.8 Å². The van der Waals surface area contributed by atoms with Gasteiger partial charge in [-0.15, -0.1) is 0 Å². The number of hydrogen-bond donors (Lipinski definition) is 2. The third-order valence-corrected chi connectivity index (χ3v) is 4.23. The van der Waals surface area contributed by atoms with Crippen molar-refractivity contribution in [3.05, 3.63) is 62.5 Å². The van der Waals surface area contributed by atoms with Crippen LogP contribution in [-0.4, -0.2) is 18.1 Å². The predicted octanol–water partition coefficient (Wildman–Crippen LogP) is 3.94. The molecule has 0 fully saturated rings. The Labute approximate surface area is 140 Å². The molecule has 0 atom stereocenters. The van der Waals surface area contributed by atoms with Crippen LogP contribution >= 0.6 is 31.9 Å². The van der Waals surface area contributed by atoms with E-state index in [1.54, 1.807) is 0 Å². The van der Waals surface area contributed by atoms with Gasteiger partial charge in [0.1, 0.15) is 0 Å². The largest absolute Gasteiger partial charge is 0.409 e. The number of anilines is 1. The second kappa shape index (κ2) is 6.95. The van der Waals surface area contributed by atoms with E-state index >= 15 is 0 Å². The number of nitrogens with zero attached hydrogens (tertiary/aromatic N) is 2. The summed E-state index contributed by atoms with van der Waals surface area (Å²) in [6.07, 6.45) is 0. The summed E-state index contributed by atoms with van der Waals surface area (Å²) in [5.41, 5.74) is 8.52. The molecule has 2 rings (SSSR count). The van der Waals surface area contributed by atoms with Crippen molar-refractivity contribution in [2.24, 2.45) is 10.9 Å². The number of rotatable bonds is 4. The number of nitrogens with two attached hydrogens (primary N) is 1. The van der Waals surface area contributed by atoms with Gasteiger partial charge in [0.05, 0.1) is 5.56 Å². The summed E-state index contributed by atoms with van der Waals surface area (Å²) in [7, 11) is 1.97. The monoisotopic (exact) mass is 411 g/mol. The van der Waals surface area contributed by atoms with E-state index in [-0.39, 0.29) is 5.84 Å². The average Bonchev–Trinajstić information content (AvgIpc) is 2.46. The Bertz CT molecular complexity index is 674. The summed E-state index contributed by atoms with van der Waals surface area (Å²) in [6, 6.07) is 13.8. The van der Waals surface area contributed by atoms with Gasteiger partial charge in [0, 0.05) is 28.2 Å². The average molecular weight is 413 g/mol. The van der Waals surface area contributed by atoms with E-state index in [9.17, 15) is 0 Å². The van der Waals surface area contributed by atoms with Gasteiger partial charge in [-0.1, -0.05) is 39.3 Å². The van der Waals surface area contributed by atoms with Gasteiger partial charge >= 0.3 is 0 Å². The highest BCUT2D eigenvalue weighted by atomic mass is 79.9. The van der Waals surface area contributed by atoms with Crippen LogP contribution in [0.2, 0.25) is 0 Å². The van der Waals surface area contributed by atoms with Crippen LogP contribution in [-0.2, 0) is 6.54 Å². The number of oxime groups is 1. The van der Waals surface area contributed by atoms with Crippen LogP contribution in [0.3, 0.4) is 0 Å². The van der Waals surface area contributed by atoms with E-state index in [2.05, 4.69) is 54.0 Å². The highest BCUT2D eigenvalue weighted by Gasteiger charge is 2.14. The molecule has 0 saturated heterocycles. The quantitative estimate of drug-likeness (QED) is 0.346. The molecular formula is C15H15Br2N3O. The van der Waals surface area contributed by atoms with E-state index in [0.717, 1.165) is 20.2 Å². The molecule has 0 heterocycles. The minimum absolute atomic E-state index is 0.0820. The van der Waals surface area contributed by atoms with Crippen LogP contribution < -0.4 is 10.6 Å². The lowest BCUT2D eigenvalue weighted by Gasteiger charge is -2.23. The zero-order valence-electron chi connectivity index (χ0n) is 11.4. The normalized spacial score (nSPS) is 11.5. The van der Waals surface area contributed by atoms with Crippen molar-refractivity contribution < 1.29 is 5.21 Å². The lowest BCUT2D eigenvalue weighted by Crippen LogP contribution is -2.23. The molecule has 2 aromatic rings. The predicted molar refractivity (Wildman–Crippen MR) is 92.9 cm³/mol. The standard InChI is InChI=1S/C15H15Br2N3O/c1-20(9-10-4-2-5-11(16)8-10)13-7-3-6-12(17)14(13)15(18)19-21/h2-8,21H,9H2,1H3,(H2,18,19). The molecule has 6 heteroatoms. The Morgan fingerprint density at radius 1 is 1.24 bits per heavy atom. The van der Waals surface area contributed by atoms with Gasteiger partial charge in [0.2, 0.25) is 0 Å². The molecule has 2 aromatic carbocycles. The van der Waals surface area contributed by atoms with Gasteiger partial charge in [0.15, 0.2) is 5.84 Å². The summed E-state index contributed by atoms with van der Waals surface area (Å²) < 4.78 is 1.83. The van der Waals surface area contributed by atoms with Crippen LogP contribution in [0.25, 0.3) is 0 Å². The fourth-order valence-electron chi connectivity index (χ4n) is 2.13. The zero-order chi connectivity index (χ0) is 15.4. The van der Waals surface area contributed by atoms with Gasteiger partial charge in [-0.2, -0.15) is 0 Å². The van der Waals surface area contributed by atoms with Crippen LogP contribution in [0.4, 0.5) is 5.69 Å². The van der Waals surface area contributed by atoms with Crippen LogP contribution in [0, 0.1) is 0 Å². The maximum Gasteiger partial charge on any atom is 0.173 e. The molecule has 21 heavy (non-hydrogen) atoms. The third kappa shape index (κ3) is 3.77. The van der Waals surface area contributed by atoms with E-state index in [1.807, 2.05) is 37.4 Å². The fraction of sp³-hybridized carbons (Fsp3) is 0.133. The molecule has 0 aliphatic carbocycles. The molecular weight excluding hydrogens is 398 g/mol. The molecule has 0 aromatic heterocycles. The minimum atomic E-state index is 0.0820. The Hall–Kier alpha value is -1.53. The maximum atomic E-state index is 8.96. The summed E-state index contributed by atoms with van der Waals surface area (Å²) in [5.74, 6) is 0.0820. The molecule has 110 valence electrons. The minimum Gasteiger partial charge on any atom is -0.409 e. The molecule has 3 N–H and O–H groups in total. The Morgan fingerprint density at radius 3 is 2.62 bits per heavy atom. The Morgan fingerprint density at radius 2 is 1.95 bits per heavy atom. The second-order valence-corrected chi connectivity index (χ2v) is 6.38. The van der Waals surface area contributed by atoms with Gasteiger partial charge in [-0.25, -0.2) is 0 Å². The SMILES string of the molecule is CN(Cc1cccc(Br)c1)c1cccc(Br)c1/C(N)=N/O. The summed E-state index contributed by atoms with van der Waals surface area (Å²) in [4.78, 5) is 2.06. The van der Waals surface area contributed by atoms with Crippen molar-refractivity contribution in [3.8, 4) is 0 Å². The number of halogens is 2. The molecule has 0 amide bonds. The summed E-state index contributed by atoms with van der Waals surface area (Å²) in [5, 5.41) is 12.1. The number of benzene rings is 2. The molecule has 0 aliphatic rings. The highest BCUT2D eigenvalue weighted by Crippen LogP contribution is 2.28. The first-order chi connectivity index (χ1) is 10.0. The third-order valence-electron chi connectivity index (χ3n) is 3.08. The van der Waals surface area contributed by atoms with Crippen molar-refractivity contribution in [1.82, 2.24) is 0 Å². The van der Waals surface area contributed by atoms with Crippen LogP contribution in [0.1, 0.15) is 11.1 Å². The molecule has 4 nitrogen and oxygen atoms in total. The lowest BCUT2D eigenvalue weighted by molar-refractivity contribution is 0.318. The van der Waals surface area contributed by atoms with E-state index in [1.165, 1.54) is 0 Å². The molecule has 0 bridgehead atoms. The van der Waals surface area contributed by atoms with Crippen molar-refractivity contribution >= 4 is 43.4 Å². The maximum absolute atomic E-state index is 8.96. The lowest BCUT2D eigenvalue weighted by atomic mass is 10.1. The van der Waals surface area contributed by atoms with Gasteiger partial charge in [-0.3, -0.25) is 0 Å². The first-order valence-electron chi connectivity index (χ1n) is 6.25. The Kier molecular flexibility index (Phi) is 5.25. The number of hydrogen-bond acceptors (Lipinski definition) is 3. The van der Waals surface area contributed by atoms with Crippen molar-refractivity contribution in [3.63, 3.8) is 0 Å². The molecule has 0 aliphatic heterocycles. The summed E-state index contributed by atoms with van der Waals surface area (Å²) >= 11 is 6.92. The van der Waals surface area contributed by atoms with E-state index in [4.69, 9.17) is 10.9 Å². The van der Waals surface area contributed by atoms with Gasteiger partial charge in [0.25, 0.3) is 0 Å².